The first-order chi connectivity index (χ1) is 13.6. The van der Waals surface area contributed by atoms with Crippen LogP contribution in [-0.2, 0) is 0 Å². The maximum Gasteiger partial charge on any atom is -0.00821 e. The van der Waals surface area contributed by atoms with Gasteiger partial charge in [0, 0.05) is 0 Å². The van der Waals surface area contributed by atoms with Crippen molar-refractivity contribution in [1.82, 2.24) is 0 Å². The minimum Gasteiger partial charge on any atom is -0.0874 e. The molecule has 0 aromatic rings. The van der Waals surface area contributed by atoms with Crippen molar-refractivity contribution in [2.24, 2.45) is 57.7 Å². The van der Waals surface area contributed by atoms with Crippen molar-refractivity contribution < 1.29 is 0 Å². The highest BCUT2D eigenvalue weighted by Gasteiger charge is 2.61. The fraction of sp³-hybridized carbons (Fsp3) is 0.931. The van der Waals surface area contributed by atoms with Gasteiger partial charge in [-0.15, -0.1) is 0 Å². The Labute approximate surface area is 182 Å². The van der Waals surface area contributed by atoms with Crippen LogP contribution in [0.1, 0.15) is 113 Å². The van der Waals surface area contributed by atoms with Crippen LogP contribution in [0.4, 0.5) is 0 Å². The van der Waals surface area contributed by atoms with Gasteiger partial charge in [-0.1, -0.05) is 79.9 Å². The van der Waals surface area contributed by atoms with Gasteiger partial charge in [0.25, 0.3) is 0 Å². The van der Waals surface area contributed by atoms with Gasteiger partial charge in [0.05, 0.1) is 0 Å². The summed E-state index contributed by atoms with van der Waals surface area (Å²) in [5.41, 5.74) is 1.60. The van der Waals surface area contributed by atoms with Crippen LogP contribution in [0.15, 0.2) is 12.2 Å². The summed E-state index contributed by atoms with van der Waals surface area (Å²) in [6.07, 6.45) is 20.0. The summed E-state index contributed by atoms with van der Waals surface area (Å²) in [6.45, 7) is 17.9. The summed E-state index contributed by atoms with van der Waals surface area (Å²) < 4.78 is 0. The Balaban J connectivity index is 1.51. The van der Waals surface area contributed by atoms with Crippen LogP contribution in [0.25, 0.3) is 0 Å². The first-order valence-corrected chi connectivity index (χ1v) is 13.3. The molecule has 4 rings (SSSR count). The van der Waals surface area contributed by atoms with Crippen molar-refractivity contribution in [3.8, 4) is 0 Å². The second kappa shape index (κ2) is 7.70. The topological polar surface area (TPSA) is 0 Å². The van der Waals surface area contributed by atoms with Crippen LogP contribution >= 0.6 is 0 Å². The molecular weight excluding hydrogens is 348 g/mol. The van der Waals surface area contributed by atoms with Crippen molar-refractivity contribution in [3.05, 3.63) is 12.2 Å². The molecule has 4 aliphatic carbocycles. The van der Waals surface area contributed by atoms with E-state index in [1.165, 1.54) is 64.2 Å². The molecule has 8 atom stereocenters. The highest BCUT2D eigenvalue weighted by molar-refractivity contribution is 5.18. The third-order valence-electron chi connectivity index (χ3n) is 11.0. The minimum absolute atomic E-state index is 0.465. The summed E-state index contributed by atoms with van der Waals surface area (Å²) in [5.74, 6) is 6.65. The molecule has 0 saturated heterocycles. The molecule has 166 valence electrons. The van der Waals surface area contributed by atoms with Crippen molar-refractivity contribution in [2.45, 2.75) is 113 Å². The molecule has 0 heteroatoms. The lowest BCUT2D eigenvalue weighted by atomic mass is 9.42. The summed E-state index contributed by atoms with van der Waals surface area (Å²) in [6, 6.07) is 0. The Morgan fingerprint density at radius 3 is 2.34 bits per heavy atom. The highest BCUT2D eigenvalue weighted by Crippen LogP contribution is 2.69. The van der Waals surface area contributed by atoms with Crippen molar-refractivity contribution in [2.75, 3.05) is 0 Å². The van der Waals surface area contributed by atoms with E-state index in [1.807, 2.05) is 0 Å². The van der Waals surface area contributed by atoms with Gasteiger partial charge < -0.3 is 0 Å². The van der Waals surface area contributed by atoms with E-state index in [1.54, 1.807) is 0 Å². The highest BCUT2D eigenvalue weighted by atomic mass is 14.7. The van der Waals surface area contributed by atoms with Crippen LogP contribution in [0, 0.1) is 57.7 Å². The molecule has 3 saturated carbocycles. The SMILES string of the molecule is CC(C)CCC[C@@H](C)[C@H]1CC[C@H]2[C@@H]3CC[C@H]4C(C)(C)CC=C[C@]4(C)[C@H]3CC[C@]12C. The molecule has 3 fully saturated rings. The lowest BCUT2D eigenvalue weighted by Gasteiger charge is -2.62. The molecule has 0 aliphatic heterocycles. The van der Waals surface area contributed by atoms with Gasteiger partial charge in [-0.25, -0.2) is 0 Å². The van der Waals surface area contributed by atoms with Crippen LogP contribution in [0.2, 0.25) is 0 Å². The van der Waals surface area contributed by atoms with Crippen LogP contribution in [0.3, 0.4) is 0 Å². The molecule has 0 N–H and O–H groups in total. The first-order valence-electron chi connectivity index (χ1n) is 13.3. The predicted octanol–water partition coefficient (Wildman–Crippen LogP) is 8.91. The number of fused-ring (bicyclic) bond motifs is 5. The Morgan fingerprint density at radius 2 is 1.62 bits per heavy atom. The Morgan fingerprint density at radius 1 is 0.862 bits per heavy atom. The molecule has 0 aromatic carbocycles. The quantitative estimate of drug-likeness (QED) is 0.405. The van der Waals surface area contributed by atoms with E-state index in [2.05, 4.69) is 60.6 Å². The van der Waals surface area contributed by atoms with Crippen molar-refractivity contribution in [1.29, 1.82) is 0 Å². The van der Waals surface area contributed by atoms with Crippen molar-refractivity contribution >= 4 is 0 Å². The lowest BCUT2D eigenvalue weighted by molar-refractivity contribution is -0.109. The molecule has 0 radical (unpaired) electrons. The van der Waals surface area contributed by atoms with Gasteiger partial charge in [0.2, 0.25) is 0 Å². The molecule has 0 unspecified atom stereocenters. The van der Waals surface area contributed by atoms with Crippen LogP contribution in [-0.4, -0.2) is 0 Å². The Bertz CT molecular complexity index is 612. The molecule has 0 heterocycles. The minimum atomic E-state index is 0.465. The monoisotopic (exact) mass is 398 g/mol. The second-order valence-electron chi connectivity index (χ2n) is 13.5. The van der Waals surface area contributed by atoms with Crippen LogP contribution in [0.5, 0.6) is 0 Å². The zero-order chi connectivity index (χ0) is 21.0. The third-order valence-corrected chi connectivity index (χ3v) is 11.0. The zero-order valence-corrected chi connectivity index (χ0v) is 20.8. The number of hydrogen-bond acceptors (Lipinski definition) is 0. The third kappa shape index (κ3) is 3.57. The smallest absolute Gasteiger partial charge is 0.00821 e. The molecule has 0 nitrogen and oxygen atoms in total. The average molecular weight is 399 g/mol. The standard InChI is InChI=1S/C29H50/c1-20(2)10-8-11-21(3)23-13-14-24-22-12-15-26-27(4,5)17-9-18-29(26,7)25(22)16-19-28(23,24)6/h9,18,20-26H,8,10-17,19H2,1-7H3/t21-,22+,23-,24+,25+,26+,28-,29-/m1/s1. The number of rotatable bonds is 5. The summed E-state index contributed by atoms with van der Waals surface area (Å²) in [4.78, 5) is 0. The van der Waals surface area contributed by atoms with Gasteiger partial charge in [0.15, 0.2) is 0 Å². The Hall–Kier alpha value is -0.260. The zero-order valence-electron chi connectivity index (χ0n) is 20.8. The largest absolute Gasteiger partial charge is 0.0874 e. The summed E-state index contributed by atoms with van der Waals surface area (Å²) >= 11 is 0. The molecule has 29 heavy (non-hydrogen) atoms. The van der Waals surface area contributed by atoms with Gasteiger partial charge in [0.1, 0.15) is 0 Å². The van der Waals surface area contributed by atoms with Crippen molar-refractivity contribution in [3.63, 3.8) is 0 Å². The van der Waals surface area contributed by atoms with E-state index >= 15 is 0 Å². The molecule has 4 aliphatic rings. The molecule has 0 bridgehead atoms. The maximum absolute atomic E-state index is 2.74. The maximum atomic E-state index is 2.74. The molecule has 0 amide bonds. The van der Waals surface area contributed by atoms with Gasteiger partial charge in [-0.3, -0.25) is 0 Å². The van der Waals surface area contributed by atoms with E-state index in [9.17, 15) is 0 Å². The summed E-state index contributed by atoms with van der Waals surface area (Å²) in [5, 5.41) is 0. The van der Waals surface area contributed by atoms with Gasteiger partial charge in [-0.05, 0) is 103 Å². The average Bonchev–Trinajstić information content (AvgIpc) is 2.98. The number of allylic oxidation sites excluding steroid dienone is 2. The molecule has 0 spiro atoms. The fourth-order valence-corrected chi connectivity index (χ4v) is 9.65. The predicted molar refractivity (Wildman–Crippen MR) is 127 cm³/mol. The lowest BCUT2D eigenvalue weighted by Crippen LogP contribution is -2.55. The first kappa shape index (κ1) is 22.0. The van der Waals surface area contributed by atoms with E-state index in [0.29, 0.717) is 16.2 Å². The second-order valence-corrected chi connectivity index (χ2v) is 13.5. The van der Waals surface area contributed by atoms with Crippen LogP contribution < -0.4 is 0 Å². The Kier molecular flexibility index (Phi) is 5.83. The van der Waals surface area contributed by atoms with Gasteiger partial charge in [-0.2, -0.15) is 0 Å². The van der Waals surface area contributed by atoms with E-state index in [4.69, 9.17) is 0 Å². The molecule has 0 aromatic heterocycles. The van der Waals surface area contributed by atoms with Gasteiger partial charge >= 0.3 is 0 Å². The number of hydrogen-bond donors (Lipinski definition) is 0. The van der Waals surface area contributed by atoms with E-state index in [-0.39, 0.29) is 0 Å². The van der Waals surface area contributed by atoms with E-state index in [0.717, 1.165) is 41.4 Å². The van der Waals surface area contributed by atoms with E-state index < -0.39 is 0 Å². The molecular formula is C29H50. The fourth-order valence-electron chi connectivity index (χ4n) is 9.65. The summed E-state index contributed by atoms with van der Waals surface area (Å²) in [7, 11) is 0. The normalized spacial score (nSPS) is 46.8.